The number of hydrogen-bond acceptors (Lipinski definition) is 5. The van der Waals surface area contributed by atoms with Crippen LogP contribution in [0.15, 0.2) is 30.6 Å². The first-order chi connectivity index (χ1) is 14.6. The maximum atomic E-state index is 13.8. The number of fused-ring (bicyclic) bond motifs is 3. The molecule has 1 amide bonds. The molecule has 2 unspecified atom stereocenters. The Labute approximate surface area is 182 Å². The number of rotatable bonds is 2. The summed E-state index contributed by atoms with van der Waals surface area (Å²) < 4.78 is 7.46. The second kappa shape index (κ2) is 7.64. The predicted octanol–water partition coefficient (Wildman–Crippen LogP) is 3.57. The van der Waals surface area contributed by atoms with Gasteiger partial charge in [-0.3, -0.25) is 9.20 Å². The number of piperazine rings is 1. The van der Waals surface area contributed by atoms with E-state index in [4.69, 9.17) is 4.74 Å². The Hall–Kier alpha value is -2.93. The minimum absolute atomic E-state index is 0.0206. The van der Waals surface area contributed by atoms with Crippen LogP contribution < -0.4 is 5.32 Å². The molecular weight excluding hydrogens is 392 g/mol. The molecule has 1 N–H and O–H groups in total. The molecule has 0 spiro atoms. The van der Waals surface area contributed by atoms with Crippen LogP contribution in [0.2, 0.25) is 0 Å². The van der Waals surface area contributed by atoms with Crippen LogP contribution in [-0.4, -0.2) is 56.9 Å². The number of carbonyl (C=O) groups is 2. The van der Waals surface area contributed by atoms with Gasteiger partial charge in [0.15, 0.2) is 5.69 Å². The van der Waals surface area contributed by atoms with Crippen molar-refractivity contribution in [3.05, 3.63) is 47.4 Å². The van der Waals surface area contributed by atoms with Gasteiger partial charge in [0, 0.05) is 30.6 Å². The van der Waals surface area contributed by atoms with Crippen LogP contribution in [0.4, 0.5) is 0 Å². The SMILES string of the molecule is Cc1c(C(=O)N2CC(C)NC(C)C2)c2ccccc2n2cnc(C(=O)OC(C)(C)C)c12. The number of nitrogens with one attached hydrogen (secondary N) is 1. The Morgan fingerprint density at radius 3 is 2.42 bits per heavy atom. The number of ether oxygens (including phenoxy) is 1. The molecule has 1 saturated heterocycles. The van der Waals surface area contributed by atoms with E-state index >= 15 is 0 Å². The van der Waals surface area contributed by atoms with Crippen molar-refractivity contribution in [1.82, 2.24) is 19.6 Å². The van der Waals surface area contributed by atoms with Crippen molar-refractivity contribution in [2.45, 2.75) is 59.2 Å². The number of aryl methyl sites for hydroxylation is 1. The molecule has 31 heavy (non-hydrogen) atoms. The second-order valence-electron chi connectivity index (χ2n) is 9.51. The monoisotopic (exact) mass is 422 g/mol. The normalized spacial score (nSPS) is 19.7. The van der Waals surface area contributed by atoms with Gasteiger partial charge in [-0.15, -0.1) is 0 Å². The average molecular weight is 423 g/mol. The minimum Gasteiger partial charge on any atom is -0.455 e. The molecule has 3 heterocycles. The first kappa shape index (κ1) is 21.3. The zero-order chi connectivity index (χ0) is 22.5. The molecule has 4 rings (SSSR count). The van der Waals surface area contributed by atoms with Gasteiger partial charge >= 0.3 is 5.97 Å². The number of nitrogens with zero attached hydrogens (tertiary/aromatic N) is 3. The highest BCUT2D eigenvalue weighted by Crippen LogP contribution is 2.30. The van der Waals surface area contributed by atoms with E-state index in [-0.39, 0.29) is 23.7 Å². The molecule has 2 atom stereocenters. The highest BCUT2D eigenvalue weighted by atomic mass is 16.6. The Bertz CT molecular complexity index is 1160. The van der Waals surface area contributed by atoms with E-state index in [9.17, 15) is 9.59 Å². The van der Waals surface area contributed by atoms with Crippen molar-refractivity contribution >= 4 is 28.3 Å². The van der Waals surface area contributed by atoms with Crippen LogP contribution in [0, 0.1) is 6.92 Å². The zero-order valence-corrected chi connectivity index (χ0v) is 19.0. The molecule has 7 heteroatoms. The topological polar surface area (TPSA) is 75.9 Å². The molecule has 0 saturated carbocycles. The van der Waals surface area contributed by atoms with Crippen LogP contribution in [0.25, 0.3) is 16.4 Å². The van der Waals surface area contributed by atoms with Crippen LogP contribution in [0.3, 0.4) is 0 Å². The van der Waals surface area contributed by atoms with Gasteiger partial charge < -0.3 is 15.0 Å². The maximum absolute atomic E-state index is 13.8. The number of esters is 1. The van der Waals surface area contributed by atoms with Gasteiger partial charge in [-0.05, 0) is 53.2 Å². The number of aromatic nitrogens is 2. The van der Waals surface area contributed by atoms with Gasteiger partial charge in [-0.1, -0.05) is 18.2 Å². The van der Waals surface area contributed by atoms with Crippen molar-refractivity contribution < 1.29 is 14.3 Å². The number of carbonyl (C=O) groups excluding carboxylic acids is 2. The lowest BCUT2D eigenvalue weighted by atomic mass is 9.99. The van der Waals surface area contributed by atoms with Crippen LogP contribution >= 0.6 is 0 Å². The number of benzene rings is 1. The summed E-state index contributed by atoms with van der Waals surface area (Å²) in [7, 11) is 0. The van der Waals surface area contributed by atoms with E-state index in [0.717, 1.165) is 16.5 Å². The third-order valence-electron chi connectivity index (χ3n) is 5.58. The molecule has 1 fully saturated rings. The van der Waals surface area contributed by atoms with Crippen LogP contribution in [0.1, 0.15) is 61.0 Å². The van der Waals surface area contributed by atoms with E-state index in [1.807, 2.05) is 61.3 Å². The summed E-state index contributed by atoms with van der Waals surface area (Å²) in [6.45, 7) is 12.8. The first-order valence-electron chi connectivity index (χ1n) is 10.7. The molecule has 1 aliphatic heterocycles. The highest BCUT2D eigenvalue weighted by Gasteiger charge is 2.30. The Kier molecular flexibility index (Phi) is 5.25. The molecule has 0 aliphatic carbocycles. The summed E-state index contributed by atoms with van der Waals surface area (Å²) in [5.74, 6) is -0.510. The third kappa shape index (κ3) is 3.90. The molecule has 1 aromatic carbocycles. The molecule has 7 nitrogen and oxygen atoms in total. The average Bonchev–Trinajstić information content (AvgIpc) is 3.12. The third-order valence-corrected chi connectivity index (χ3v) is 5.58. The van der Waals surface area contributed by atoms with Gasteiger partial charge in [0.2, 0.25) is 0 Å². The van der Waals surface area contributed by atoms with Crippen molar-refractivity contribution in [2.75, 3.05) is 13.1 Å². The number of imidazole rings is 1. The van der Waals surface area contributed by atoms with Gasteiger partial charge in [0.05, 0.1) is 16.6 Å². The molecular formula is C24H30N4O3. The van der Waals surface area contributed by atoms with Crippen molar-refractivity contribution in [3.8, 4) is 0 Å². The van der Waals surface area contributed by atoms with Gasteiger partial charge in [0.1, 0.15) is 11.9 Å². The van der Waals surface area contributed by atoms with E-state index in [0.29, 0.717) is 24.2 Å². The van der Waals surface area contributed by atoms with Gasteiger partial charge in [0.25, 0.3) is 5.91 Å². The van der Waals surface area contributed by atoms with E-state index < -0.39 is 11.6 Å². The molecule has 2 aromatic heterocycles. The van der Waals surface area contributed by atoms with Crippen molar-refractivity contribution in [3.63, 3.8) is 0 Å². The summed E-state index contributed by atoms with van der Waals surface area (Å²) in [6, 6.07) is 8.19. The lowest BCUT2D eigenvalue weighted by Gasteiger charge is -2.36. The van der Waals surface area contributed by atoms with Crippen molar-refractivity contribution in [2.24, 2.45) is 0 Å². The standard InChI is InChI=1S/C24H30N4O3/c1-14-11-27(12-15(2)26-14)22(29)19-16(3)21-20(23(30)31-24(4,5)6)25-13-28(21)18-10-8-7-9-17(18)19/h7-10,13-15,26H,11-12H2,1-6H3. The fraction of sp³-hybridized carbons (Fsp3) is 0.458. The molecule has 3 aromatic rings. The molecule has 1 aliphatic rings. The number of pyridine rings is 1. The fourth-order valence-electron chi connectivity index (χ4n) is 4.51. The smallest absolute Gasteiger partial charge is 0.359 e. The number of hydrogen-bond donors (Lipinski definition) is 1. The summed E-state index contributed by atoms with van der Waals surface area (Å²) in [5.41, 5.74) is 2.41. The summed E-state index contributed by atoms with van der Waals surface area (Å²) in [4.78, 5) is 32.9. The van der Waals surface area contributed by atoms with Crippen LogP contribution in [0.5, 0.6) is 0 Å². The largest absolute Gasteiger partial charge is 0.455 e. The van der Waals surface area contributed by atoms with E-state index in [1.54, 1.807) is 6.33 Å². The van der Waals surface area contributed by atoms with Gasteiger partial charge in [-0.25, -0.2) is 9.78 Å². The highest BCUT2D eigenvalue weighted by molar-refractivity contribution is 6.11. The van der Waals surface area contributed by atoms with E-state index in [2.05, 4.69) is 24.1 Å². The zero-order valence-electron chi connectivity index (χ0n) is 19.0. The predicted molar refractivity (Wildman–Crippen MR) is 121 cm³/mol. The van der Waals surface area contributed by atoms with Crippen molar-refractivity contribution in [1.29, 1.82) is 0 Å². The summed E-state index contributed by atoms with van der Waals surface area (Å²) in [6.07, 6.45) is 1.63. The number of amides is 1. The van der Waals surface area contributed by atoms with Crippen LogP contribution in [-0.2, 0) is 4.74 Å². The lowest BCUT2D eigenvalue weighted by molar-refractivity contribution is 0.00655. The quantitative estimate of drug-likeness (QED) is 0.639. The lowest BCUT2D eigenvalue weighted by Crippen LogP contribution is -2.55. The van der Waals surface area contributed by atoms with E-state index in [1.165, 1.54) is 0 Å². The first-order valence-corrected chi connectivity index (χ1v) is 10.7. The summed E-state index contributed by atoms with van der Waals surface area (Å²) in [5, 5.41) is 4.32. The molecule has 0 bridgehead atoms. The Balaban J connectivity index is 1.92. The molecule has 164 valence electrons. The number of para-hydroxylation sites is 1. The Morgan fingerprint density at radius 1 is 1.13 bits per heavy atom. The molecule has 0 radical (unpaired) electrons. The fourth-order valence-corrected chi connectivity index (χ4v) is 4.51. The van der Waals surface area contributed by atoms with Gasteiger partial charge in [-0.2, -0.15) is 0 Å². The summed E-state index contributed by atoms with van der Waals surface area (Å²) >= 11 is 0. The minimum atomic E-state index is -0.635. The Morgan fingerprint density at radius 2 is 1.77 bits per heavy atom. The maximum Gasteiger partial charge on any atom is 0.359 e. The second-order valence-corrected chi connectivity index (χ2v) is 9.51.